The third kappa shape index (κ3) is 9.62. The molecule has 0 unspecified atom stereocenters. The normalized spacial score (nSPS) is 14.3. The van der Waals surface area contributed by atoms with Crippen LogP contribution in [0.4, 0.5) is 27.9 Å². The summed E-state index contributed by atoms with van der Waals surface area (Å²) in [6, 6.07) is 6.38. The largest absolute Gasteiger partial charge is 0.469 e. The van der Waals surface area contributed by atoms with Crippen molar-refractivity contribution in [3.05, 3.63) is 34.6 Å². The lowest BCUT2D eigenvalue weighted by atomic mass is 9.91. The fourth-order valence-electron chi connectivity index (χ4n) is 5.16. The number of primary amides is 1. The Morgan fingerprint density at radius 1 is 1.17 bits per heavy atom. The molecule has 2 amide bonds. The molecule has 1 aliphatic rings. The van der Waals surface area contributed by atoms with E-state index in [0.29, 0.717) is 38.4 Å². The van der Waals surface area contributed by atoms with Crippen molar-refractivity contribution in [1.82, 2.24) is 24.5 Å². The molecule has 1 atom stereocenters. The lowest BCUT2D eigenvalue weighted by Crippen LogP contribution is -2.53. The molecule has 3 aromatic rings. The van der Waals surface area contributed by atoms with E-state index in [0.717, 1.165) is 9.42 Å². The molecule has 1 aromatic carbocycles. The zero-order valence-electron chi connectivity index (χ0n) is 28.6. The number of piperazine rings is 1. The number of ether oxygens (including phenoxy) is 2. The summed E-state index contributed by atoms with van der Waals surface area (Å²) in [6.07, 6.45) is -0.286. The maximum atomic E-state index is 14.0. The van der Waals surface area contributed by atoms with Gasteiger partial charge in [-0.1, -0.05) is 25.4 Å². The van der Waals surface area contributed by atoms with Crippen LogP contribution in [-0.2, 0) is 28.2 Å². The Labute approximate surface area is 302 Å². The molecule has 1 saturated heterocycles. The maximum Gasteiger partial charge on any atom is 0.469 e. The van der Waals surface area contributed by atoms with E-state index < -0.39 is 50.6 Å². The lowest BCUT2D eigenvalue weighted by Gasteiger charge is -2.38. The van der Waals surface area contributed by atoms with Gasteiger partial charge in [0.05, 0.1) is 53.3 Å². The summed E-state index contributed by atoms with van der Waals surface area (Å²) in [7, 11) is -4.79. The fraction of sp³-hybridized carbons (Fsp3) is 0.467. The van der Waals surface area contributed by atoms with E-state index in [2.05, 4.69) is 31.0 Å². The number of nitrogens with zero attached hydrogens (tertiary/aromatic N) is 9. The van der Waals surface area contributed by atoms with Crippen LogP contribution in [0.5, 0.6) is 0 Å². The van der Waals surface area contributed by atoms with E-state index in [4.69, 9.17) is 36.6 Å². The number of hydrogen-bond acceptors (Lipinski definition) is 15. The molecule has 1 aliphatic heterocycles. The van der Waals surface area contributed by atoms with Crippen LogP contribution >= 0.6 is 19.4 Å². The minimum absolute atomic E-state index is 0.00372. The number of carbonyl (C=O) groups is 3. The number of carbonyl (C=O) groups excluding carboxylic acids is 3. The zero-order valence-corrected chi connectivity index (χ0v) is 30.3. The molecule has 20 nitrogen and oxygen atoms in total. The van der Waals surface area contributed by atoms with Crippen molar-refractivity contribution in [2.24, 2.45) is 11.1 Å². The number of imidazole rings is 1. The van der Waals surface area contributed by atoms with E-state index >= 15 is 0 Å². The SMILES string of the molecule is CCNc1nc(N(C(=O)OCOC(=O)CC(C)(C)COP(=O)(O)O)c2cc(C#N)cc(N3CCN([C@@H](C)C(N)=O)CC3)c2Cl)nn2c(C#N)cnc12. The van der Waals surface area contributed by atoms with Crippen LogP contribution in [0, 0.1) is 28.1 Å². The van der Waals surface area contributed by atoms with Crippen molar-refractivity contribution in [2.45, 2.75) is 40.2 Å². The number of phosphoric ester groups is 1. The molecule has 2 aromatic heterocycles. The predicted octanol–water partition coefficient (Wildman–Crippen LogP) is 2.25. The number of esters is 1. The van der Waals surface area contributed by atoms with Crippen molar-refractivity contribution in [1.29, 1.82) is 10.5 Å². The first-order valence-electron chi connectivity index (χ1n) is 15.7. The summed E-state index contributed by atoms with van der Waals surface area (Å²) in [5, 5.41) is 27.1. The predicted molar refractivity (Wildman–Crippen MR) is 184 cm³/mol. The van der Waals surface area contributed by atoms with Gasteiger partial charge >= 0.3 is 19.9 Å². The molecule has 4 rings (SSSR count). The number of fused-ring (bicyclic) bond motifs is 1. The number of benzene rings is 1. The molecule has 52 heavy (non-hydrogen) atoms. The van der Waals surface area contributed by atoms with Gasteiger partial charge in [0.2, 0.25) is 12.7 Å². The highest BCUT2D eigenvalue weighted by Gasteiger charge is 2.32. The van der Waals surface area contributed by atoms with Crippen molar-refractivity contribution in [3.63, 3.8) is 0 Å². The minimum atomic E-state index is -4.79. The van der Waals surface area contributed by atoms with Gasteiger partial charge in [-0.05, 0) is 31.4 Å². The molecular weight excluding hydrogens is 725 g/mol. The maximum absolute atomic E-state index is 14.0. The molecule has 1 fully saturated rings. The Balaban J connectivity index is 1.71. The average molecular weight is 762 g/mol. The number of nitrogens with two attached hydrogens (primary N) is 1. The second-order valence-electron chi connectivity index (χ2n) is 12.3. The van der Waals surface area contributed by atoms with Gasteiger partial charge in [-0.25, -0.2) is 19.2 Å². The molecule has 0 radical (unpaired) electrons. The summed E-state index contributed by atoms with van der Waals surface area (Å²) in [5.41, 5.74) is 5.00. The first-order chi connectivity index (χ1) is 24.5. The van der Waals surface area contributed by atoms with Crippen molar-refractivity contribution < 1.29 is 42.7 Å². The molecule has 0 bridgehead atoms. The van der Waals surface area contributed by atoms with Crippen LogP contribution in [0.25, 0.3) is 5.65 Å². The standard InChI is InChI=1S/C30H37ClN11O9P/c1-5-35-26-27-36-15-20(14-33)42(27)38-28(37-26)41(29(45)50-17-49-23(43)12-30(3,4)16-51-52(46,47)48)22-11-19(13-32)10-21(24(22)31)40-8-6-39(7-9-40)18(2)25(34)44/h10-11,15,18H,5-9,12,16-17H2,1-4H3,(H2,34,44)(H,35,37,38)(H2,46,47,48)/t18-/m0/s1. The molecular formula is C30H37ClN11O9P. The van der Waals surface area contributed by atoms with E-state index in [1.54, 1.807) is 19.9 Å². The highest BCUT2D eigenvalue weighted by atomic mass is 35.5. The van der Waals surface area contributed by atoms with Crippen molar-refractivity contribution >= 4 is 66.2 Å². The number of phosphoric acid groups is 1. The number of aromatic nitrogens is 4. The van der Waals surface area contributed by atoms with E-state index in [9.17, 15) is 29.5 Å². The first-order valence-corrected chi connectivity index (χ1v) is 17.6. The van der Waals surface area contributed by atoms with Crippen LogP contribution in [-0.4, -0.2) is 104 Å². The van der Waals surface area contributed by atoms with Gasteiger partial charge in [0.25, 0.3) is 5.95 Å². The van der Waals surface area contributed by atoms with E-state index in [1.165, 1.54) is 26.1 Å². The fourth-order valence-corrected chi connectivity index (χ4v) is 5.99. The van der Waals surface area contributed by atoms with Crippen molar-refractivity contribution in [3.8, 4) is 12.1 Å². The minimum Gasteiger partial charge on any atom is -0.428 e. The Kier molecular flexibility index (Phi) is 12.6. The second-order valence-corrected chi connectivity index (χ2v) is 13.9. The highest BCUT2D eigenvalue weighted by Crippen LogP contribution is 2.41. The van der Waals surface area contributed by atoms with Crippen LogP contribution in [0.1, 0.15) is 45.4 Å². The summed E-state index contributed by atoms with van der Waals surface area (Å²) in [6.45, 7) is 7.15. The molecule has 278 valence electrons. The number of amides is 2. The number of halogens is 1. The number of hydrogen-bond donors (Lipinski definition) is 4. The summed E-state index contributed by atoms with van der Waals surface area (Å²) >= 11 is 7.00. The van der Waals surface area contributed by atoms with Gasteiger partial charge in [0.1, 0.15) is 6.07 Å². The Hall–Kier alpha value is -5.08. The molecule has 5 N–H and O–H groups in total. The number of nitrogens with one attached hydrogen (secondary N) is 1. The topological polar surface area (TPSA) is 275 Å². The smallest absolute Gasteiger partial charge is 0.428 e. The van der Waals surface area contributed by atoms with E-state index in [1.807, 2.05) is 15.9 Å². The van der Waals surface area contributed by atoms with Crippen molar-refractivity contribution in [2.75, 3.05) is 61.2 Å². The third-order valence-corrected chi connectivity index (χ3v) is 8.71. The second kappa shape index (κ2) is 16.5. The first kappa shape index (κ1) is 39.7. The van der Waals surface area contributed by atoms with Gasteiger partial charge < -0.3 is 35.2 Å². The Morgan fingerprint density at radius 3 is 2.46 bits per heavy atom. The zero-order chi connectivity index (χ0) is 38.4. The van der Waals surface area contributed by atoms with Gasteiger partial charge in [-0.15, -0.1) is 5.10 Å². The third-order valence-electron chi connectivity index (χ3n) is 7.86. The molecule has 3 heterocycles. The van der Waals surface area contributed by atoms with Gasteiger partial charge in [0.15, 0.2) is 17.2 Å². The summed E-state index contributed by atoms with van der Waals surface area (Å²) < 4.78 is 27.2. The molecule has 0 aliphatic carbocycles. The van der Waals surface area contributed by atoms with Gasteiger partial charge in [-0.3, -0.25) is 19.0 Å². The lowest BCUT2D eigenvalue weighted by molar-refractivity contribution is -0.154. The Bertz CT molecular complexity index is 1970. The molecule has 22 heteroatoms. The highest BCUT2D eigenvalue weighted by molar-refractivity contribution is 7.46. The van der Waals surface area contributed by atoms with Gasteiger partial charge in [-0.2, -0.15) is 20.0 Å². The average Bonchev–Trinajstić information content (AvgIpc) is 3.51. The van der Waals surface area contributed by atoms with Crippen LogP contribution < -0.4 is 20.9 Å². The van der Waals surface area contributed by atoms with E-state index in [-0.39, 0.29) is 45.8 Å². The van der Waals surface area contributed by atoms with Crippen LogP contribution in [0.3, 0.4) is 0 Å². The van der Waals surface area contributed by atoms with Gasteiger partial charge in [0, 0.05) is 32.7 Å². The number of rotatable bonds is 14. The quantitative estimate of drug-likeness (QED) is 0.104. The molecule has 0 spiro atoms. The van der Waals surface area contributed by atoms with Crippen LogP contribution in [0.2, 0.25) is 5.02 Å². The molecule has 0 saturated carbocycles. The number of anilines is 4. The monoisotopic (exact) mass is 761 g/mol. The van der Waals surface area contributed by atoms with Crippen LogP contribution in [0.15, 0.2) is 18.3 Å². The summed E-state index contributed by atoms with van der Waals surface area (Å²) in [4.78, 5) is 69.6. The summed E-state index contributed by atoms with van der Waals surface area (Å²) in [5.74, 6) is -1.55. The number of nitriles is 2. The Morgan fingerprint density at radius 2 is 1.87 bits per heavy atom.